The number of hydrogen-bond acceptors (Lipinski definition) is 6. The Balaban J connectivity index is 4.28. The highest BCUT2D eigenvalue weighted by Gasteiger charge is 2.19. The lowest BCUT2D eigenvalue weighted by Gasteiger charge is -2.18. The zero-order valence-corrected chi connectivity index (χ0v) is 50.8. The summed E-state index contributed by atoms with van der Waals surface area (Å²) in [5.41, 5.74) is 0. The van der Waals surface area contributed by atoms with Gasteiger partial charge in [0.25, 0.3) is 0 Å². The molecule has 0 amide bonds. The Labute approximate surface area is 472 Å². The fourth-order valence-corrected chi connectivity index (χ4v) is 9.68. The topological polar surface area (TPSA) is 78.9 Å². The second kappa shape index (κ2) is 64.6. The third-order valence-corrected chi connectivity index (χ3v) is 14.7. The number of ether oxygens (including phenoxy) is 3. The van der Waals surface area contributed by atoms with E-state index in [2.05, 4.69) is 81.5 Å². The van der Waals surface area contributed by atoms with E-state index < -0.39 is 6.10 Å². The molecule has 1 atom stereocenters. The molecular weight excluding hydrogens is 937 g/mol. The van der Waals surface area contributed by atoms with Gasteiger partial charge in [0.1, 0.15) is 13.2 Å². The van der Waals surface area contributed by atoms with Gasteiger partial charge in [-0.15, -0.1) is 0 Å². The van der Waals surface area contributed by atoms with Gasteiger partial charge in [-0.05, 0) is 109 Å². The van der Waals surface area contributed by atoms with Crippen LogP contribution in [0, 0.1) is 0 Å². The Hall–Kier alpha value is -2.89. The minimum absolute atomic E-state index is 0.0778. The molecule has 76 heavy (non-hydrogen) atoms. The summed E-state index contributed by atoms with van der Waals surface area (Å²) in [4.78, 5) is 38.3. The molecule has 442 valence electrons. The molecule has 0 aliphatic carbocycles. The number of hydrogen-bond donors (Lipinski definition) is 0. The molecular formula is C70H126O6. The van der Waals surface area contributed by atoms with Gasteiger partial charge >= 0.3 is 17.9 Å². The van der Waals surface area contributed by atoms with Gasteiger partial charge in [0.15, 0.2) is 6.10 Å². The van der Waals surface area contributed by atoms with Crippen LogP contribution in [0.2, 0.25) is 0 Å². The second-order valence-electron chi connectivity index (χ2n) is 22.4. The summed E-state index contributed by atoms with van der Waals surface area (Å²) in [6, 6.07) is 0. The molecule has 0 aromatic carbocycles. The van der Waals surface area contributed by atoms with Crippen LogP contribution in [-0.4, -0.2) is 37.2 Å². The van der Waals surface area contributed by atoms with E-state index in [1.54, 1.807) is 0 Å². The van der Waals surface area contributed by atoms with E-state index in [1.165, 1.54) is 231 Å². The third-order valence-electron chi connectivity index (χ3n) is 14.7. The minimum atomic E-state index is -0.781. The van der Waals surface area contributed by atoms with Gasteiger partial charge in [0.05, 0.1) is 0 Å². The van der Waals surface area contributed by atoms with Gasteiger partial charge in [-0.2, -0.15) is 0 Å². The predicted octanol–water partition coefficient (Wildman–Crippen LogP) is 22.7. The first kappa shape index (κ1) is 73.1. The van der Waals surface area contributed by atoms with Gasteiger partial charge in [-0.1, -0.05) is 281 Å². The fraction of sp³-hybridized carbons (Fsp3) is 0.814. The lowest BCUT2D eigenvalue weighted by atomic mass is 10.0. The lowest BCUT2D eigenvalue weighted by molar-refractivity contribution is -0.167. The van der Waals surface area contributed by atoms with Crippen LogP contribution >= 0.6 is 0 Å². The SMILES string of the molecule is CCCCC/C=C\CCCCCCCC(=O)OCC(COC(=O)CCCCCCCCCCCC/C=C\C/C=C\C/C=C\CCCCCCC)OC(=O)CCCCCCCCCCC/C=C\CCCCCCCCCC. The van der Waals surface area contributed by atoms with Crippen LogP contribution in [-0.2, 0) is 28.6 Å². The normalized spacial score (nSPS) is 12.4. The van der Waals surface area contributed by atoms with Crippen molar-refractivity contribution in [2.45, 2.75) is 354 Å². The van der Waals surface area contributed by atoms with Crippen LogP contribution in [0.5, 0.6) is 0 Å². The van der Waals surface area contributed by atoms with Crippen molar-refractivity contribution < 1.29 is 28.6 Å². The molecule has 6 heteroatoms. The minimum Gasteiger partial charge on any atom is -0.462 e. The smallest absolute Gasteiger partial charge is 0.306 e. The average Bonchev–Trinajstić information content (AvgIpc) is 3.42. The van der Waals surface area contributed by atoms with E-state index in [0.717, 1.165) is 77.0 Å². The highest BCUT2D eigenvalue weighted by atomic mass is 16.6. The second-order valence-corrected chi connectivity index (χ2v) is 22.4. The standard InChI is InChI=1S/C70H126O6/c1-4-7-10-13-16-19-22-25-27-29-31-33-34-35-36-38-39-41-43-45-48-51-54-57-60-63-69(72)75-66-67(65-74-68(71)62-59-56-53-50-47-24-21-18-15-12-9-6-3)76-70(73)64-61-58-55-52-49-46-44-42-40-37-32-30-28-26-23-20-17-14-11-8-5-2/h18,21-22,25,29-32,34-35,67H,4-17,19-20,23-24,26-28,33,36-66H2,1-3H3/b21-18-,25-22-,31-29-,32-30-,35-34-. The number of esters is 3. The Morgan fingerprint density at radius 2 is 0.474 bits per heavy atom. The van der Waals surface area contributed by atoms with Gasteiger partial charge in [0, 0.05) is 19.3 Å². The Morgan fingerprint density at radius 1 is 0.263 bits per heavy atom. The molecule has 0 saturated heterocycles. The molecule has 0 spiro atoms. The van der Waals surface area contributed by atoms with Gasteiger partial charge in [0.2, 0.25) is 0 Å². The Kier molecular flexibility index (Phi) is 62.2. The number of carbonyl (C=O) groups excluding carboxylic acids is 3. The fourth-order valence-electron chi connectivity index (χ4n) is 9.68. The highest BCUT2D eigenvalue weighted by molar-refractivity contribution is 5.71. The number of rotatable bonds is 61. The molecule has 1 unspecified atom stereocenters. The van der Waals surface area contributed by atoms with Gasteiger partial charge in [-0.3, -0.25) is 14.4 Å². The first-order chi connectivity index (χ1) is 37.5. The van der Waals surface area contributed by atoms with Crippen molar-refractivity contribution in [3.63, 3.8) is 0 Å². The van der Waals surface area contributed by atoms with E-state index in [4.69, 9.17) is 14.2 Å². The zero-order valence-electron chi connectivity index (χ0n) is 50.8. The molecule has 0 heterocycles. The summed E-state index contributed by atoms with van der Waals surface area (Å²) >= 11 is 0. The van der Waals surface area contributed by atoms with Crippen LogP contribution in [0.3, 0.4) is 0 Å². The summed E-state index contributed by atoms with van der Waals surface area (Å²) in [6.07, 6.45) is 82.3. The average molecular weight is 1060 g/mol. The number of allylic oxidation sites excluding steroid dienone is 10. The molecule has 0 rings (SSSR count). The van der Waals surface area contributed by atoms with Crippen LogP contribution < -0.4 is 0 Å². The van der Waals surface area contributed by atoms with Crippen LogP contribution in [0.15, 0.2) is 60.8 Å². The molecule has 0 aliphatic heterocycles. The molecule has 0 saturated carbocycles. The molecule has 0 aromatic heterocycles. The summed E-state index contributed by atoms with van der Waals surface area (Å²) in [7, 11) is 0. The largest absolute Gasteiger partial charge is 0.462 e. The van der Waals surface area contributed by atoms with Crippen molar-refractivity contribution in [3.8, 4) is 0 Å². The molecule has 0 N–H and O–H groups in total. The molecule has 0 radical (unpaired) electrons. The first-order valence-electron chi connectivity index (χ1n) is 33.3. The summed E-state index contributed by atoms with van der Waals surface area (Å²) in [5, 5.41) is 0. The van der Waals surface area contributed by atoms with E-state index in [1.807, 2.05) is 0 Å². The summed E-state index contributed by atoms with van der Waals surface area (Å²) < 4.78 is 16.9. The molecule has 6 nitrogen and oxygen atoms in total. The van der Waals surface area contributed by atoms with Gasteiger partial charge in [-0.25, -0.2) is 0 Å². The quantitative estimate of drug-likeness (QED) is 0.0261. The van der Waals surface area contributed by atoms with Crippen molar-refractivity contribution in [3.05, 3.63) is 60.8 Å². The number of carbonyl (C=O) groups is 3. The van der Waals surface area contributed by atoms with E-state index in [-0.39, 0.29) is 31.1 Å². The van der Waals surface area contributed by atoms with Crippen LogP contribution in [0.25, 0.3) is 0 Å². The highest BCUT2D eigenvalue weighted by Crippen LogP contribution is 2.17. The van der Waals surface area contributed by atoms with Crippen molar-refractivity contribution in [2.24, 2.45) is 0 Å². The number of unbranched alkanes of at least 4 members (excludes halogenated alkanes) is 40. The zero-order chi connectivity index (χ0) is 55.0. The third kappa shape index (κ3) is 62.0. The van der Waals surface area contributed by atoms with E-state index in [9.17, 15) is 14.4 Å². The van der Waals surface area contributed by atoms with Crippen molar-refractivity contribution >= 4 is 17.9 Å². The maximum atomic E-state index is 12.9. The first-order valence-corrected chi connectivity index (χ1v) is 33.3. The Bertz CT molecular complexity index is 1360. The lowest BCUT2D eigenvalue weighted by Crippen LogP contribution is -2.30. The maximum Gasteiger partial charge on any atom is 0.306 e. The predicted molar refractivity (Wildman–Crippen MR) is 330 cm³/mol. The monoisotopic (exact) mass is 1060 g/mol. The van der Waals surface area contributed by atoms with Crippen molar-refractivity contribution in [1.29, 1.82) is 0 Å². The van der Waals surface area contributed by atoms with Crippen molar-refractivity contribution in [2.75, 3.05) is 13.2 Å². The molecule has 0 aromatic rings. The summed E-state index contributed by atoms with van der Waals surface area (Å²) in [6.45, 7) is 6.64. The maximum absolute atomic E-state index is 12.9. The van der Waals surface area contributed by atoms with E-state index in [0.29, 0.717) is 19.3 Å². The Morgan fingerprint density at radius 3 is 0.776 bits per heavy atom. The van der Waals surface area contributed by atoms with Gasteiger partial charge < -0.3 is 14.2 Å². The molecule has 0 fully saturated rings. The van der Waals surface area contributed by atoms with Crippen LogP contribution in [0.4, 0.5) is 0 Å². The molecule has 0 bridgehead atoms. The van der Waals surface area contributed by atoms with Crippen LogP contribution in [0.1, 0.15) is 348 Å². The molecule has 0 aliphatic rings. The summed E-state index contributed by atoms with van der Waals surface area (Å²) in [5.74, 6) is -0.875. The van der Waals surface area contributed by atoms with E-state index >= 15 is 0 Å². The van der Waals surface area contributed by atoms with Crippen molar-refractivity contribution in [1.82, 2.24) is 0 Å².